The van der Waals surface area contributed by atoms with E-state index in [1.165, 1.54) is 22.3 Å². The fourth-order valence-corrected chi connectivity index (χ4v) is 8.18. The summed E-state index contributed by atoms with van der Waals surface area (Å²) in [6, 6.07) is 62.0. The van der Waals surface area contributed by atoms with Gasteiger partial charge in [-0.05, 0) is 81.3 Å². The molecule has 1 aliphatic heterocycles. The lowest BCUT2D eigenvalue weighted by atomic mass is 9.66. The van der Waals surface area contributed by atoms with Gasteiger partial charge in [0.15, 0.2) is 0 Å². The van der Waals surface area contributed by atoms with Crippen molar-refractivity contribution in [2.24, 2.45) is 4.99 Å². The van der Waals surface area contributed by atoms with Crippen molar-refractivity contribution in [1.82, 2.24) is 0 Å². The molecule has 0 saturated heterocycles. The highest BCUT2D eigenvalue weighted by atomic mass is 16.5. The molecule has 1 heterocycles. The van der Waals surface area contributed by atoms with E-state index in [0.29, 0.717) is 0 Å². The molecular formula is C51H37NO. The summed E-state index contributed by atoms with van der Waals surface area (Å²) in [5, 5.41) is 0. The second kappa shape index (κ2) is 13.1. The first-order valence-corrected chi connectivity index (χ1v) is 18.0. The number of nitrogens with zero attached hydrogens (tertiary/aromatic N) is 1. The monoisotopic (exact) mass is 679 g/mol. The van der Waals surface area contributed by atoms with Gasteiger partial charge in [-0.2, -0.15) is 0 Å². The van der Waals surface area contributed by atoms with E-state index in [1.54, 1.807) is 0 Å². The van der Waals surface area contributed by atoms with Crippen molar-refractivity contribution in [2.45, 2.75) is 12.3 Å². The molecule has 252 valence electrons. The molecule has 0 unspecified atom stereocenters. The molecule has 0 saturated carbocycles. The molecule has 0 aromatic heterocycles. The molecule has 0 bridgehead atoms. The lowest BCUT2D eigenvalue weighted by molar-refractivity contribution is 0.436. The van der Waals surface area contributed by atoms with Gasteiger partial charge in [-0.1, -0.05) is 171 Å². The SMILES string of the molecule is C=CC(=N/C(=C(/C)C(=C)c1ccccc1)c1ccccc1)c1ccc(-c2ccc3c(c2)C2(c4ccccc4O3)c3ccccc3-c3ccccc32)cc1. The van der Waals surface area contributed by atoms with Crippen molar-refractivity contribution < 1.29 is 4.74 Å². The van der Waals surface area contributed by atoms with Gasteiger partial charge in [-0.15, -0.1) is 0 Å². The van der Waals surface area contributed by atoms with Crippen molar-refractivity contribution in [2.75, 3.05) is 0 Å². The number of hydrogen-bond donors (Lipinski definition) is 0. The Balaban J connectivity index is 1.14. The van der Waals surface area contributed by atoms with Gasteiger partial charge in [0.2, 0.25) is 0 Å². The summed E-state index contributed by atoms with van der Waals surface area (Å²) >= 11 is 0. The predicted molar refractivity (Wildman–Crippen MR) is 221 cm³/mol. The van der Waals surface area contributed by atoms with Crippen LogP contribution in [0.25, 0.3) is 33.5 Å². The van der Waals surface area contributed by atoms with Gasteiger partial charge in [-0.25, -0.2) is 4.99 Å². The second-order valence-electron chi connectivity index (χ2n) is 13.6. The van der Waals surface area contributed by atoms with Crippen molar-refractivity contribution in [3.05, 3.63) is 240 Å². The standard InChI is InChI=1S/C51H37NO/c1-4-47(52-50(39-19-9-6-10-20-39)35(3)34(2)36-17-7-5-8-18-36)38-29-27-37(28-30-38)40-31-32-49-46(33-40)51(45-25-15-16-26-48(45)53-49)43-23-13-11-21-41(43)42-22-12-14-24-44(42)51/h4-33H,1-2H2,3H3/b50-35-,52-47?. The van der Waals surface area contributed by atoms with Gasteiger partial charge >= 0.3 is 0 Å². The van der Waals surface area contributed by atoms with Gasteiger partial charge in [0, 0.05) is 22.3 Å². The average Bonchev–Trinajstić information content (AvgIpc) is 3.52. The summed E-state index contributed by atoms with van der Waals surface area (Å²) < 4.78 is 6.65. The number of ether oxygens (including phenoxy) is 1. The molecule has 1 spiro atoms. The van der Waals surface area contributed by atoms with Crippen molar-refractivity contribution >= 4 is 17.0 Å². The van der Waals surface area contributed by atoms with Gasteiger partial charge in [0.25, 0.3) is 0 Å². The van der Waals surface area contributed by atoms with Crippen LogP contribution in [0, 0.1) is 0 Å². The van der Waals surface area contributed by atoms with Gasteiger partial charge < -0.3 is 4.74 Å². The van der Waals surface area contributed by atoms with E-state index in [0.717, 1.165) is 73.0 Å². The smallest absolute Gasteiger partial charge is 0.132 e. The molecule has 0 N–H and O–H groups in total. The fraction of sp³-hybridized carbons (Fsp3) is 0.0392. The first-order chi connectivity index (χ1) is 26.1. The molecule has 0 amide bonds. The Morgan fingerprint density at radius 1 is 0.528 bits per heavy atom. The molecule has 0 fully saturated rings. The molecule has 9 rings (SSSR count). The van der Waals surface area contributed by atoms with E-state index < -0.39 is 5.41 Å². The minimum absolute atomic E-state index is 0.502. The van der Waals surface area contributed by atoms with Crippen LogP contribution in [-0.2, 0) is 5.41 Å². The number of rotatable bonds is 7. The number of para-hydroxylation sites is 1. The quantitative estimate of drug-likeness (QED) is 0.121. The van der Waals surface area contributed by atoms with Crippen LogP contribution in [0.1, 0.15) is 45.9 Å². The van der Waals surface area contributed by atoms with E-state index in [-0.39, 0.29) is 0 Å². The summed E-state index contributed by atoms with van der Waals surface area (Å²) in [6.45, 7) is 10.7. The third kappa shape index (κ3) is 5.22. The number of aliphatic imine (C=N–C) groups is 1. The second-order valence-corrected chi connectivity index (χ2v) is 13.6. The molecule has 2 aliphatic rings. The molecule has 7 aromatic carbocycles. The first kappa shape index (κ1) is 32.2. The van der Waals surface area contributed by atoms with Gasteiger partial charge in [-0.3, -0.25) is 0 Å². The minimum Gasteiger partial charge on any atom is -0.457 e. The highest BCUT2D eigenvalue weighted by Gasteiger charge is 2.50. The van der Waals surface area contributed by atoms with Gasteiger partial charge in [0.1, 0.15) is 11.5 Å². The van der Waals surface area contributed by atoms with Crippen LogP contribution in [-0.4, -0.2) is 5.71 Å². The highest BCUT2D eigenvalue weighted by Crippen LogP contribution is 2.62. The van der Waals surface area contributed by atoms with Crippen LogP contribution in [0.3, 0.4) is 0 Å². The Kier molecular flexibility index (Phi) is 7.94. The third-order valence-corrected chi connectivity index (χ3v) is 10.8. The molecule has 53 heavy (non-hydrogen) atoms. The molecule has 0 atom stereocenters. The Hall–Kier alpha value is -6.77. The van der Waals surface area contributed by atoms with Crippen LogP contribution in [0.5, 0.6) is 11.5 Å². The lowest BCUT2D eigenvalue weighted by Crippen LogP contribution is -2.32. The molecule has 1 aliphatic carbocycles. The number of hydrogen-bond acceptors (Lipinski definition) is 2. The number of fused-ring (bicyclic) bond motifs is 9. The van der Waals surface area contributed by atoms with E-state index in [4.69, 9.17) is 9.73 Å². The summed E-state index contributed by atoms with van der Waals surface area (Å²) in [5.41, 5.74) is 15.9. The van der Waals surface area contributed by atoms with Crippen molar-refractivity contribution in [1.29, 1.82) is 0 Å². The maximum absolute atomic E-state index is 6.65. The summed E-state index contributed by atoms with van der Waals surface area (Å²) in [4.78, 5) is 5.25. The normalized spacial score (nSPS) is 13.9. The zero-order chi connectivity index (χ0) is 35.9. The molecule has 2 nitrogen and oxygen atoms in total. The van der Waals surface area contributed by atoms with Gasteiger partial charge in [0.05, 0.1) is 16.8 Å². The fourth-order valence-electron chi connectivity index (χ4n) is 8.18. The summed E-state index contributed by atoms with van der Waals surface area (Å²) in [6.07, 6.45) is 1.84. The average molecular weight is 680 g/mol. The zero-order valence-electron chi connectivity index (χ0n) is 29.6. The maximum Gasteiger partial charge on any atom is 0.132 e. The largest absolute Gasteiger partial charge is 0.457 e. The molecule has 7 aromatic rings. The Bertz CT molecular complexity index is 2560. The Labute approximate surface area is 311 Å². The topological polar surface area (TPSA) is 21.6 Å². The zero-order valence-corrected chi connectivity index (χ0v) is 29.6. The van der Waals surface area contributed by atoms with Crippen molar-refractivity contribution in [3.63, 3.8) is 0 Å². The molecule has 0 radical (unpaired) electrons. The Morgan fingerprint density at radius 3 is 1.70 bits per heavy atom. The van der Waals surface area contributed by atoms with Crippen molar-refractivity contribution in [3.8, 4) is 33.8 Å². The van der Waals surface area contributed by atoms with Crippen LogP contribution in [0.4, 0.5) is 0 Å². The molecule has 2 heteroatoms. The molecular weight excluding hydrogens is 643 g/mol. The van der Waals surface area contributed by atoms with Crippen LogP contribution in [0.2, 0.25) is 0 Å². The third-order valence-electron chi connectivity index (χ3n) is 10.8. The number of allylic oxidation sites excluding steroid dienone is 3. The predicted octanol–water partition coefficient (Wildman–Crippen LogP) is 12.9. The Morgan fingerprint density at radius 2 is 1.06 bits per heavy atom. The maximum atomic E-state index is 6.65. The van der Waals surface area contributed by atoms with Crippen LogP contribution in [0.15, 0.2) is 206 Å². The highest BCUT2D eigenvalue weighted by molar-refractivity contribution is 6.11. The summed E-state index contributed by atoms with van der Waals surface area (Å²) in [7, 11) is 0. The first-order valence-electron chi connectivity index (χ1n) is 18.0. The van der Waals surface area contributed by atoms with Crippen LogP contribution >= 0.6 is 0 Å². The van der Waals surface area contributed by atoms with E-state index in [2.05, 4.69) is 160 Å². The van der Waals surface area contributed by atoms with E-state index >= 15 is 0 Å². The summed E-state index contributed by atoms with van der Waals surface area (Å²) in [5.74, 6) is 1.77. The number of benzene rings is 7. The minimum atomic E-state index is -0.502. The lowest BCUT2D eigenvalue weighted by Gasteiger charge is -2.39. The van der Waals surface area contributed by atoms with E-state index in [9.17, 15) is 0 Å². The van der Waals surface area contributed by atoms with Crippen LogP contribution < -0.4 is 4.74 Å². The van der Waals surface area contributed by atoms with E-state index in [1.807, 2.05) is 42.5 Å².